The summed E-state index contributed by atoms with van der Waals surface area (Å²) in [6.07, 6.45) is 0.478. The van der Waals surface area contributed by atoms with E-state index in [-0.39, 0.29) is 17.6 Å². The van der Waals surface area contributed by atoms with E-state index in [0.29, 0.717) is 6.61 Å². The molecule has 0 spiro atoms. The van der Waals surface area contributed by atoms with Crippen molar-refractivity contribution in [2.24, 2.45) is 0 Å². The molecule has 0 fully saturated rings. The topological polar surface area (TPSA) is 47.6 Å². The fourth-order valence-electron chi connectivity index (χ4n) is 2.67. The summed E-state index contributed by atoms with van der Waals surface area (Å²) in [6.45, 7) is 6.46. The summed E-state index contributed by atoms with van der Waals surface area (Å²) in [5.41, 5.74) is 2.36. The molecule has 0 bridgehead atoms. The highest BCUT2D eigenvalue weighted by atomic mass is 16.5. The van der Waals surface area contributed by atoms with Crippen LogP contribution in [0.15, 0.2) is 18.2 Å². The molecule has 2 rings (SSSR count). The van der Waals surface area contributed by atoms with Crippen molar-refractivity contribution in [2.75, 3.05) is 13.7 Å². The number of carbonyl (C=O) groups is 1. The Kier molecular flexibility index (Phi) is 3.69. The van der Waals surface area contributed by atoms with Gasteiger partial charge in [-0.3, -0.25) is 0 Å². The molecule has 0 radical (unpaired) electrons. The van der Waals surface area contributed by atoms with Gasteiger partial charge in [-0.2, -0.15) is 0 Å². The third kappa shape index (κ3) is 2.53. The van der Waals surface area contributed by atoms with Crippen LogP contribution in [-0.4, -0.2) is 25.9 Å². The standard InChI is InChI=1S/C15H21NO3/c1-5-19-14(17)16-13-8-10-6-7-11(18-4)9-12(10)15(13,2)3/h6-7,9,13H,5,8H2,1-4H3,(H,16,17). The molecule has 0 saturated carbocycles. The predicted octanol–water partition coefficient (Wildman–Crippen LogP) is 2.64. The first kappa shape index (κ1) is 13.7. The quantitative estimate of drug-likeness (QED) is 0.912. The second kappa shape index (κ2) is 5.11. The van der Waals surface area contributed by atoms with Gasteiger partial charge < -0.3 is 14.8 Å². The second-order valence-electron chi connectivity index (χ2n) is 5.37. The number of alkyl carbamates (subject to hydrolysis) is 1. The van der Waals surface area contributed by atoms with Crippen LogP contribution in [0.1, 0.15) is 31.9 Å². The maximum atomic E-state index is 11.6. The monoisotopic (exact) mass is 263 g/mol. The van der Waals surface area contributed by atoms with Crippen molar-refractivity contribution < 1.29 is 14.3 Å². The molecule has 1 aromatic carbocycles. The second-order valence-corrected chi connectivity index (χ2v) is 5.37. The Bertz CT molecular complexity index is 482. The van der Waals surface area contributed by atoms with Crippen molar-refractivity contribution in [3.05, 3.63) is 29.3 Å². The van der Waals surface area contributed by atoms with E-state index in [1.54, 1.807) is 14.0 Å². The van der Waals surface area contributed by atoms with Crippen LogP contribution in [-0.2, 0) is 16.6 Å². The average Bonchev–Trinajstić information content (AvgIpc) is 2.61. The molecule has 0 aromatic heterocycles. The van der Waals surface area contributed by atoms with E-state index in [9.17, 15) is 4.79 Å². The van der Waals surface area contributed by atoms with Gasteiger partial charge >= 0.3 is 6.09 Å². The average molecular weight is 263 g/mol. The Morgan fingerprint density at radius 2 is 2.21 bits per heavy atom. The molecule has 1 amide bonds. The van der Waals surface area contributed by atoms with Gasteiger partial charge in [0.15, 0.2) is 0 Å². The van der Waals surface area contributed by atoms with E-state index in [1.165, 1.54) is 11.1 Å². The molecule has 4 nitrogen and oxygen atoms in total. The Balaban J connectivity index is 2.22. The number of methoxy groups -OCH3 is 1. The highest BCUT2D eigenvalue weighted by molar-refractivity contribution is 5.68. The summed E-state index contributed by atoms with van der Waals surface area (Å²) >= 11 is 0. The molecule has 1 unspecified atom stereocenters. The number of rotatable bonds is 3. The number of fused-ring (bicyclic) bond motifs is 1. The predicted molar refractivity (Wildman–Crippen MR) is 73.7 cm³/mol. The third-order valence-corrected chi connectivity index (χ3v) is 3.87. The highest BCUT2D eigenvalue weighted by Crippen LogP contribution is 2.40. The summed E-state index contributed by atoms with van der Waals surface area (Å²) in [5.74, 6) is 0.851. The zero-order chi connectivity index (χ0) is 14.0. The summed E-state index contributed by atoms with van der Waals surface area (Å²) < 4.78 is 10.2. The number of hydrogen-bond acceptors (Lipinski definition) is 3. The fraction of sp³-hybridized carbons (Fsp3) is 0.533. The van der Waals surface area contributed by atoms with E-state index < -0.39 is 0 Å². The van der Waals surface area contributed by atoms with Crippen LogP contribution in [0.5, 0.6) is 5.75 Å². The van der Waals surface area contributed by atoms with Gasteiger partial charge in [0.2, 0.25) is 0 Å². The number of hydrogen-bond donors (Lipinski definition) is 1. The van der Waals surface area contributed by atoms with Crippen LogP contribution in [0, 0.1) is 0 Å². The molecule has 1 atom stereocenters. The van der Waals surface area contributed by atoms with Gasteiger partial charge in [-0.05, 0) is 36.6 Å². The third-order valence-electron chi connectivity index (χ3n) is 3.87. The van der Waals surface area contributed by atoms with E-state index in [2.05, 4.69) is 31.3 Å². The minimum Gasteiger partial charge on any atom is -0.497 e. The number of nitrogens with one attached hydrogen (secondary N) is 1. The van der Waals surface area contributed by atoms with Gasteiger partial charge in [-0.25, -0.2) is 4.79 Å². The van der Waals surface area contributed by atoms with Crippen LogP contribution in [0.3, 0.4) is 0 Å². The summed E-state index contributed by atoms with van der Waals surface area (Å²) in [5, 5.41) is 2.95. The van der Waals surface area contributed by atoms with Crippen molar-refractivity contribution in [1.29, 1.82) is 0 Å². The Labute approximate surface area is 114 Å². The van der Waals surface area contributed by atoms with Crippen molar-refractivity contribution in [2.45, 2.75) is 38.6 Å². The first-order chi connectivity index (χ1) is 8.98. The van der Waals surface area contributed by atoms with E-state index in [4.69, 9.17) is 9.47 Å². The lowest BCUT2D eigenvalue weighted by Crippen LogP contribution is -2.45. The molecule has 0 saturated heterocycles. The largest absolute Gasteiger partial charge is 0.497 e. The molecule has 0 heterocycles. The van der Waals surface area contributed by atoms with Gasteiger partial charge in [0, 0.05) is 11.5 Å². The lowest BCUT2D eigenvalue weighted by atomic mass is 9.83. The van der Waals surface area contributed by atoms with Crippen LogP contribution in [0.4, 0.5) is 4.79 Å². The summed E-state index contributed by atoms with van der Waals surface area (Å²) in [7, 11) is 1.66. The van der Waals surface area contributed by atoms with Crippen LogP contribution < -0.4 is 10.1 Å². The maximum Gasteiger partial charge on any atom is 0.407 e. The molecule has 0 aliphatic heterocycles. The van der Waals surface area contributed by atoms with Crippen molar-refractivity contribution in [3.8, 4) is 5.75 Å². The SMILES string of the molecule is CCOC(=O)NC1Cc2ccc(OC)cc2C1(C)C. The van der Waals surface area contributed by atoms with E-state index in [1.807, 2.05) is 6.07 Å². The molecule has 1 aliphatic carbocycles. The van der Waals surface area contributed by atoms with E-state index in [0.717, 1.165) is 12.2 Å². The summed E-state index contributed by atoms with van der Waals surface area (Å²) in [4.78, 5) is 11.6. The fourth-order valence-corrected chi connectivity index (χ4v) is 2.67. The molecule has 104 valence electrons. The smallest absolute Gasteiger partial charge is 0.407 e. The van der Waals surface area contributed by atoms with Gasteiger partial charge in [-0.1, -0.05) is 19.9 Å². The number of amides is 1. The molecule has 19 heavy (non-hydrogen) atoms. The van der Waals surface area contributed by atoms with Crippen LogP contribution in [0.2, 0.25) is 0 Å². The van der Waals surface area contributed by atoms with Crippen molar-refractivity contribution in [1.82, 2.24) is 5.32 Å². The molecule has 1 N–H and O–H groups in total. The first-order valence-corrected chi connectivity index (χ1v) is 6.59. The van der Waals surface area contributed by atoms with Crippen LogP contribution >= 0.6 is 0 Å². The van der Waals surface area contributed by atoms with Gasteiger partial charge in [0.25, 0.3) is 0 Å². The van der Waals surface area contributed by atoms with Crippen molar-refractivity contribution >= 4 is 6.09 Å². The van der Waals surface area contributed by atoms with Gasteiger partial charge in [0.1, 0.15) is 5.75 Å². The van der Waals surface area contributed by atoms with Crippen molar-refractivity contribution in [3.63, 3.8) is 0 Å². The Morgan fingerprint density at radius 1 is 1.47 bits per heavy atom. The summed E-state index contributed by atoms with van der Waals surface area (Å²) in [6, 6.07) is 6.14. The van der Waals surface area contributed by atoms with E-state index >= 15 is 0 Å². The molecular formula is C15H21NO3. The number of carbonyl (C=O) groups excluding carboxylic acids is 1. The zero-order valence-electron chi connectivity index (χ0n) is 11.9. The Morgan fingerprint density at radius 3 is 2.84 bits per heavy atom. The maximum absolute atomic E-state index is 11.6. The zero-order valence-corrected chi connectivity index (χ0v) is 11.9. The number of benzene rings is 1. The highest BCUT2D eigenvalue weighted by Gasteiger charge is 2.40. The Hall–Kier alpha value is -1.71. The normalized spacial score (nSPS) is 19.7. The molecule has 1 aromatic rings. The van der Waals surface area contributed by atoms with Crippen LogP contribution in [0.25, 0.3) is 0 Å². The lowest BCUT2D eigenvalue weighted by molar-refractivity contribution is 0.144. The van der Waals surface area contributed by atoms with Gasteiger partial charge in [0.05, 0.1) is 13.7 Å². The minimum absolute atomic E-state index is 0.0497. The van der Waals surface area contributed by atoms with Gasteiger partial charge in [-0.15, -0.1) is 0 Å². The molecule has 4 heteroatoms. The first-order valence-electron chi connectivity index (χ1n) is 6.59. The lowest BCUT2D eigenvalue weighted by Gasteiger charge is -2.28. The number of ether oxygens (including phenoxy) is 2. The minimum atomic E-state index is -0.347. The molecule has 1 aliphatic rings. The molecular weight excluding hydrogens is 242 g/mol.